The molecule has 0 aliphatic heterocycles. The molecule has 0 spiro atoms. The zero-order valence-corrected chi connectivity index (χ0v) is 13.8. The molecule has 1 atom stereocenters. The van der Waals surface area contributed by atoms with Crippen molar-refractivity contribution in [2.75, 3.05) is 0 Å². The van der Waals surface area contributed by atoms with Gasteiger partial charge >= 0.3 is 0 Å². The molecular weight excluding hydrogens is 306 g/mol. The number of nitrogens with one attached hydrogen (secondary N) is 1. The predicted octanol–water partition coefficient (Wildman–Crippen LogP) is 2.60. The van der Waals surface area contributed by atoms with E-state index in [1.165, 1.54) is 6.20 Å². The molecule has 0 bridgehead atoms. The molecule has 3 rings (SSSR count). The Morgan fingerprint density at radius 1 is 1.25 bits per heavy atom. The van der Waals surface area contributed by atoms with Crippen LogP contribution in [0.15, 0.2) is 47.2 Å². The van der Waals surface area contributed by atoms with Crippen molar-refractivity contribution in [3.8, 4) is 11.4 Å². The maximum Gasteiger partial charge on any atom is 0.255 e. The second-order valence-electron chi connectivity index (χ2n) is 5.92. The predicted molar refractivity (Wildman–Crippen MR) is 88.0 cm³/mol. The van der Waals surface area contributed by atoms with Crippen LogP contribution in [0.5, 0.6) is 0 Å². The van der Waals surface area contributed by atoms with E-state index in [9.17, 15) is 4.79 Å². The van der Waals surface area contributed by atoms with Gasteiger partial charge in [-0.15, -0.1) is 0 Å². The second-order valence-corrected chi connectivity index (χ2v) is 5.92. The van der Waals surface area contributed by atoms with Crippen LogP contribution in [0.3, 0.4) is 0 Å². The third-order valence-electron chi connectivity index (χ3n) is 3.66. The summed E-state index contributed by atoms with van der Waals surface area (Å²) in [6, 6.07) is 9.20. The molecule has 0 fully saturated rings. The molecule has 0 saturated heterocycles. The highest BCUT2D eigenvalue weighted by Gasteiger charge is 2.25. The van der Waals surface area contributed by atoms with Gasteiger partial charge in [-0.25, -0.2) is 0 Å². The molecule has 1 amide bonds. The third-order valence-corrected chi connectivity index (χ3v) is 3.66. The normalized spacial score (nSPS) is 12.3. The third kappa shape index (κ3) is 3.34. The van der Waals surface area contributed by atoms with Crippen molar-refractivity contribution in [1.82, 2.24) is 25.2 Å². The number of carbonyl (C=O) groups is 1. The fourth-order valence-corrected chi connectivity index (χ4v) is 2.34. The average Bonchev–Trinajstić information content (AvgIpc) is 3.22. The fraction of sp³-hybridized carbons (Fsp3) is 0.294. The number of aryl methyl sites for hydroxylation is 1. The van der Waals surface area contributed by atoms with Crippen LogP contribution in [-0.4, -0.2) is 25.8 Å². The van der Waals surface area contributed by atoms with Gasteiger partial charge in [-0.2, -0.15) is 10.1 Å². The number of aromatic nitrogens is 4. The van der Waals surface area contributed by atoms with E-state index in [4.69, 9.17) is 4.52 Å². The lowest BCUT2D eigenvalue weighted by Gasteiger charge is -2.17. The molecule has 7 nitrogen and oxygen atoms in total. The van der Waals surface area contributed by atoms with E-state index in [0.29, 0.717) is 17.3 Å². The van der Waals surface area contributed by atoms with Crippen molar-refractivity contribution in [3.05, 3.63) is 54.2 Å². The van der Waals surface area contributed by atoms with Crippen LogP contribution in [0.25, 0.3) is 11.4 Å². The summed E-state index contributed by atoms with van der Waals surface area (Å²) in [4.78, 5) is 16.8. The Bertz CT molecular complexity index is 822. The molecule has 2 heterocycles. The van der Waals surface area contributed by atoms with Gasteiger partial charge in [0, 0.05) is 18.8 Å². The molecule has 0 unspecified atom stereocenters. The highest BCUT2D eigenvalue weighted by Crippen LogP contribution is 2.23. The molecule has 0 aliphatic carbocycles. The highest BCUT2D eigenvalue weighted by molar-refractivity contribution is 5.93. The molecule has 24 heavy (non-hydrogen) atoms. The number of hydrogen-bond donors (Lipinski definition) is 1. The largest absolute Gasteiger partial charge is 0.340 e. The van der Waals surface area contributed by atoms with Crippen LogP contribution >= 0.6 is 0 Å². The van der Waals surface area contributed by atoms with Crippen molar-refractivity contribution in [2.45, 2.75) is 19.9 Å². The molecular formula is C17H19N5O2. The first-order chi connectivity index (χ1) is 11.5. The van der Waals surface area contributed by atoms with Crippen molar-refractivity contribution < 1.29 is 9.32 Å². The number of carbonyl (C=O) groups excluding carboxylic acids is 1. The molecule has 0 saturated carbocycles. The molecule has 7 heteroatoms. The van der Waals surface area contributed by atoms with Gasteiger partial charge in [0.15, 0.2) is 0 Å². The van der Waals surface area contributed by atoms with Crippen molar-refractivity contribution in [3.63, 3.8) is 0 Å². The van der Waals surface area contributed by atoms with Crippen molar-refractivity contribution in [1.29, 1.82) is 0 Å². The van der Waals surface area contributed by atoms with Gasteiger partial charge in [-0.3, -0.25) is 9.48 Å². The van der Waals surface area contributed by atoms with Gasteiger partial charge in [0.05, 0.1) is 11.8 Å². The molecule has 2 aromatic heterocycles. The van der Waals surface area contributed by atoms with E-state index in [-0.39, 0.29) is 17.9 Å². The second kappa shape index (κ2) is 6.66. The Kier molecular flexibility index (Phi) is 4.41. The number of benzene rings is 1. The van der Waals surface area contributed by atoms with Crippen LogP contribution in [0.1, 0.15) is 36.1 Å². The van der Waals surface area contributed by atoms with E-state index in [2.05, 4.69) is 20.6 Å². The molecule has 1 N–H and O–H groups in total. The van der Waals surface area contributed by atoms with Gasteiger partial charge in [-0.05, 0) is 5.92 Å². The SMILES string of the molecule is CC(C)[C@@H](NC(=O)c1cnn(C)c1)c1nc(-c2ccccc2)no1. The number of nitrogens with zero attached hydrogens (tertiary/aromatic N) is 4. The summed E-state index contributed by atoms with van der Waals surface area (Å²) in [6.45, 7) is 3.97. The Hall–Kier alpha value is -2.96. The summed E-state index contributed by atoms with van der Waals surface area (Å²) in [6.07, 6.45) is 3.19. The smallest absolute Gasteiger partial charge is 0.255 e. The topological polar surface area (TPSA) is 85.8 Å². The molecule has 0 aliphatic rings. The lowest BCUT2D eigenvalue weighted by molar-refractivity contribution is 0.0914. The van der Waals surface area contributed by atoms with E-state index >= 15 is 0 Å². The van der Waals surface area contributed by atoms with Crippen LogP contribution in [0.4, 0.5) is 0 Å². The first-order valence-electron chi connectivity index (χ1n) is 7.73. The maximum atomic E-state index is 12.4. The minimum absolute atomic E-state index is 0.0923. The molecule has 0 radical (unpaired) electrons. The quantitative estimate of drug-likeness (QED) is 0.779. The van der Waals surface area contributed by atoms with Crippen molar-refractivity contribution in [2.24, 2.45) is 13.0 Å². The minimum Gasteiger partial charge on any atom is -0.340 e. The van der Waals surface area contributed by atoms with Gasteiger partial charge in [-0.1, -0.05) is 49.3 Å². The Labute approximate surface area is 139 Å². The Balaban J connectivity index is 1.81. The van der Waals surface area contributed by atoms with Gasteiger partial charge < -0.3 is 9.84 Å². The van der Waals surface area contributed by atoms with Crippen molar-refractivity contribution >= 4 is 5.91 Å². The highest BCUT2D eigenvalue weighted by atomic mass is 16.5. The maximum absolute atomic E-state index is 12.4. The summed E-state index contributed by atoms with van der Waals surface area (Å²) in [7, 11) is 1.76. The molecule has 3 aromatic rings. The summed E-state index contributed by atoms with van der Waals surface area (Å²) >= 11 is 0. The van der Waals surface area contributed by atoms with Gasteiger partial charge in [0.25, 0.3) is 5.91 Å². The fourth-order valence-electron chi connectivity index (χ4n) is 2.34. The van der Waals surface area contributed by atoms with Crippen LogP contribution in [-0.2, 0) is 7.05 Å². The molecule has 124 valence electrons. The van der Waals surface area contributed by atoms with Crippen LogP contribution in [0.2, 0.25) is 0 Å². The van der Waals surface area contributed by atoms with Gasteiger partial charge in [0.2, 0.25) is 11.7 Å². The number of hydrogen-bond acceptors (Lipinski definition) is 5. The number of amides is 1. The van der Waals surface area contributed by atoms with E-state index in [0.717, 1.165) is 5.56 Å². The first-order valence-corrected chi connectivity index (χ1v) is 7.73. The zero-order valence-electron chi connectivity index (χ0n) is 13.8. The zero-order chi connectivity index (χ0) is 17.1. The first kappa shape index (κ1) is 15.9. The van der Waals surface area contributed by atoms with Crippen LogP contribution in [0, 0.1) is 5.92 Å². The Morgan fingerprint density at radius 2 is 2.00 bits per heavy atom. The van der Waals surface area contributed by atoms with Gasteiger partial charge in [0.1, 0.15) is 6.04 Å². The monoisotopic (exact) mass is 325 g/mol. The summed E-state index contributed by atoms with van der Waals surface area (Å²) in [5, 5.41) is 11.0. The minimum atomic E-state index is -0.373. The summed E-state index contributed by atoms with van der Waals surface area (Å²) in [5.74, 6) is 0.768. The lowest BCUT2D eigenvalue weighted by Crippen LogP contribution is -2.31. The van der Waals surface area contributed by atoms with Crippen LogP contribution < -0.4 is 5.32 Å². The van der Waals surface area contributed by atoms with E-state index < -0.39 is 0 Å². The number of rotatable bonds is 5. The molecule has 1 aromatic carbocycles. The summed E-state index contributed by atoms with van der Waals surface area (Å²) in [5.41, 5.74) is 1.36. The lowest BCUT2D eigenvalue weighted by atomic mass is 10.0. The van der Waals surface area contributed by atoms with E-state index in [1.54, 1.807) is 17.9 Å². The standard InChI is InChI=1S/C17H19N5O2/c1-11(2)14(19-16(23)13-9-18-22(3)10-13)17-20-15(21-24-17)12-7-5-4-6-8-12/h4-11,14H,1-3H3,(H,19,23)/t14-/m1/s1. The Morgan fingerprint density at radius 3 is 2.62 bits per heavy atom. The average molecular weight is 325 g/mol. The van der Waals surface area contributed by atoms with E-state index in [1.807, 2.05) is 44.2 Å². The summed E-state index contributed by atoms with van der Waals surface area (Å²) < 4.78 is 6.97.